The number of nitrogens with one attached hydrogen (secondary N) is 1. The van der Waals surface area contributed by atoms with E-state index < -0.39 is 5.41 Å². The standard InChI is InChI=1S/C22H24N2O3S/c1-26-17-10-9-15(13-18(17)27-2)23-21(25)22(11-5-6-12-22)14-20-24-16-7-3-4-8-19(16)28-20/h3-4,7-10,13H,5-6,11-12,14H2,1-2H3,(H,23,25). The minimum Gasteiger partial charge on any atom is -0.493 e. The fourth-order valence-corrected chi connectivity index (χ4v) is 5.11. The summed E-state index contributed by atoms with van der Waals surface area (Å²) in [4.78, 5) is 18.1. The number of amides is 1. The Balaban J connectivity index is 1.57. The summed E-state index contributed by atoms with van der Waals surface area (Å²) in [5, 5.41) is 4.14. The zero-order valence-corrected chi connectivity index (χ0v) is 17.0. The van der Waals surface area contributed by atoms with Crippen molar-refractivity contribution in [1.82, 2.24) is 4.98 Å². The summed E-state index contributed by atoms with van der Waals surface area (Å²) in [6.45, 7) is 0. The molecule has 1 fully saturated rings. The summed E-state index contributed by atoms with van der Waals surface area (Å²) in [6, 6.07) is 13.6. The van der Waals surface area contributed by atoms with Gasteiger partial charge in [-0.2, -0.15) is 0 Å². The number of ether oxygens (including phenoxy) is 2. The number of nitrogens with zero attached hydrogens (tertiary/aromatic N) is 1. The smallest absolute Gasteiger partial charge is 0.231 e. The average molecular weight is 397 g/mol. The highest BCUT2D eigenvalue weighted by molar-refractivity contribution is 7.18. The molecule has 4 rings (SSSR count). The Morgan fingerprint density at radius 2 is 1.86 bits per heavy atom. The van der Waals surface area contributed by atoms with Crippen LogP contribution in [0.5, 0.6) is 11.5 Å². The van der Waals surface area contributed by atoms with Crippen molar-refractivity contribution in [2.45, 2.75) is 32.1 Å². The molecular weight excluding hydrogens is 372 g/mol. The molecule has 1 aliphatic carbocycles. The average Bonchev–Trinajstić information content (AvgIpc) is 3.35. The molecular formula is C22H24N2O3S. The molecule has 1 N–H and O–H groups in total. The molecule has 1 aromatic heterocycles. The number of rotatable bonds is 6. The van der Waals surface area contributed by atoms with Gasteiger partial charge in [0, 0.05) is 18.2 Å². The number of hydrogen-bond donors (Lipinski definition) is 1. The van der Waals surface area contributed by atoms with Crippen molar-refractivity contribution in [2.24, 2.45) is 5.41 Å². The third kappa shape index (κ3) is 3.56. The van der Waals surface area contributed by atoms with Crippen molar-refractivity contribution in [3.05, 3.63) is 47.5 Å². The normalized spacial score (nSPS) is 15.5. The SMILES string of the molecule is COc1ccc(NC(=O)C2(Cc3nc4ccccc4s3)CCCC2)cc1OC. The van der Waals surface area contributed by atoms with E-state index in [-0.39, 0.29) is 5.91 Å². The fourth-order valence-electron chi connectivity index (χ4n) is 4.00. The Kier molecular flexibility index (Phi) is 5.22. The Labute approximate surface area is 168 Å². The highest BCUT2D eigenvalue weighted by atomic mass is 32.1. The molecule has 3 aromatic rings. The van der Waals surface area contributed by atoms with Crippen LogP contribution in [0.2, 0.25) is 0 Å². The third-order valence-electron chi connectivity index (χ3n) is 5.51. The lowest BCUT2D eigenvalue weighted by Crippen LogP contribution is -2.35. The minimum atomic E-state index is -0.402. The predicted octanol–water partition coefficient (Wildman–Crippen LogP) is 5.06. The van der Waals surface area contributed by atoms with E-state index in [4.69, 9.17) is 14.5 Å². The van der Waals surface area contributed by atoms with Crippen LogP contribution in [0.3, 0.4) is 0 Å². The van der Waals surface area contributed by atoms with Crippen molar-refractivity contribution in [1.29, 1.82) is 0 Å². The number of aromatic nitrogens is 1. The highest BCUT2D eigenvalue weighted by Gasteiger charge is 2.42. The van der Waals surface area contributed by atoms with Gasteiger partial charge in [-0.15, -0.1) is 11.3 Å². The van der Waals surface area contributed by atoms with Crippen LogP contribution in [0.1, 0.15) is 30.7 Å². The largest absolute Gasteiger partial charge is 0.493 e. The summed E-state index contributed by atoms with van der Waals surface area (Å²) in [5.74, 6) is 1.31. The third-order valence-corrected chi connectivity index (χ3v) is 6.55. The van der Waals surface area contributed by atoms with Crippen LogP contribution in [0.25, 0.3) is 10.2 Å². The molecule has 0 saturated heterocycles. The number of methoxy groups -OCH3 is 2. The number of anilines is 1. The summed E-state index contributed by atoms with van der Waals surface area (Å²) < 4.78 is 11.8. The minimum absolute atomic E-state index is 0.0662. The molecule has 2 aromatic carbocycles. The molecule has 0 bridgehead atoms. The second kappa shape index (κ2) is 7.80. The van der Waals surface area contributed by atoms with Gasteiger partial charge < -0.3 is 14.8 Å². The van der Waals surface area contributed by atoms with Crippen molar-refractivity contribution in [2.75, 3.05) is 19.5 Å². The number of carbonyl (C=O) groups excluding carboxylic acids is 1. The van der Waals surface area contributed by atoms with E-state index in [1.165, 1.54) is 4.70 Å². The number of para-hydroxylation sites is 1. The van der Waals surface area contributed by atoms with Crippen LogP contribution in [0, 0.1) is 5.41 Å². The van der Waals surface area contributed by atoms with Gasteiger partial charge in [-0.25, -0.2) is 4.98 Å². The Hall–Kier alpha value is -2.60. The molecule has 0 unspecified atom stereocenters. The van der Waals surface area contributed by atoms with Crippen LogP contribution >= 0.6 is 11.3 Å². The van der Waals surface area contributed by atoms with Gasteiger partial charge in [0.2, 0.25) is 5.91 Å². The van der Waals surface area contributed by atoms with Crippen LogP contribution in [0.15, 0.2) is 42.5 Å². The van der Waals surface area contributed by atoms with Gasteiger partial charge in [0.05, 0.1) is 34.9 Å². The molecule has 1 aliphatic rings. The zero-order chi connectivity index (χ0) is 19.6. The van der Waals surface area contributed by atoms with E-state index in [1.807, 2.05) is 30.3 Å². The maximum absolute atomic E-state index is 13.3. The van der Waals surface area contributed by atoms with Crippen molar-refractivity contribution in [3.63, 3.8) is 0 Å². The van der Waals surface area contributed by atoms with Crippen molar-refractivity contribution < 1.29 is 14.3 Å². The predicted molar refractivity (Wildman–Crippen MR) is 112 cm³/mol. The molecule has 0 aliphatic heterocycles. The van der Waals surface area contributed by atoms with Gasteiger partial charge in [-0.1, -0.05) is 25.0 Å². The van der Waals surface area contributed by atoms with Crippen LogP contribution in [-0.4, -0.2) is 25.1 Å². The highest BCUT2D eigenvalue weighted by Crippen LogP contribution is 2.43. The first-order valence-corrected chi connectivity index (χ1v) is 10.3. The fraction of sp³-hybridized carbons (Fsp3) is 0.364. The van der Waals surface area contributed by atoms with Crippen LogP contribution in [0.4, 0.5) is 5.69 Å². The number of carbonyl (C=O) groups is 1. The van der Waals surface area contributed by atoms with E-state index in [0.29, 0.717) is 17.9 Å². The van der Waals surface area contributed by atoms with Crippen LogP contribution in [-0.2, 0) is 11.2 Å². The molecule has 6 heteroatoms. The van der Waals surface area contributed by atoms with E-state index in [1.54, 1.807) is 31.6 Å². The van der Waals surface area contributed by atoms with Gasteiger partial charge in [-0.3, -0.25) is 4.79 Å². The Morgan fingerprint density at radius 3 is 2.57 bits per heavy atom. The molecule has 146 valence electrons. The lowest BCUT2D eigenvalue weighted by atomic mass is 9.81. The van der Waals surface area contributed by atoms with Gasteiger partial charge in [-0.05, 0) is 37.1 Å². The summed E-state index contributed by atoms with van der Waals surface area (Å²) in [5.41, 5.74) is 1.33. The second-order valence-corrected chi connectivity index (χ2v) is 8.38. The maximum atomic E-state index is 13.3. The second-order valence-electron chi connectivity index (χ2n) is 7.26. The van der Waals surface area contributed by atoms with Crippen molar-refractivity contribution in [3.8, 4) is 11.5 Å². The van der Waals surface area contributed by atoms with E-state index in [9.17, 15) is 4.79 Å². The Morgan fingerprint density at radius 1 is 1.11 bits per heavy atom. The van der Waals surface area contributed by atoms with E-state index in [2.05, 4.69) is 11.4 Å². The molecule has 1 amide bonds. The summed E-state index contributed by atoms with van der Waals surface area (Å²) >= 11 is 1.69. The summed E-state index contributed by atoms with van der Waals surface area (Å²) in [6.07, 6.45) is 4.62. The Bertz CT molecular complexity index is 959. The van der Waals surface area contributed by atoms with Gasteiger partial charge in [0.15, 0.2) is 11.5 Å². The lowest BCUT2D eigenvalue weighted by Gasteiger charge is -2.27. The monoisotopic (exact) mass is 396 g/mol. The van der Waals surface area contributed by atoms with E-state index in [0.717, 1.165) is 41.9 Å². The first-order valence-electron chi connectivity index (χ1n) is 9.51. The first-order chi connectivity index (χ1) is 13.6. The van der Waals surface area contributed by atoms with Gasteiger partial charge in [0.1, 0.15) is 0 Å². The topological polar surface area (TPSA) is 60.5 Å². The molecule has 0 atom stereocenters. The van der Waals surface area contributed by atoms with Crippen LogP contribution < -0.4 is 14.8 Å². The lowest BCUT2D eigenvalue weighted by molar-refractivity contribution is -0.125. The number of hydrogen-bond acceptors (Lipinski definition) is 5. The van der Waals surface area contributed by atoms with Gasteiger partial charge >= 0.3 is 0 Å². The molecule has 0 spiro atoms. The zero-order valence-electron chi connectivity index (χ0n) is 16.2. The molecule has 28 heavy (non-hydrogen) atoms. The maximum Gasteiger partial charge on any atom is 0.231 e. The van der Waals surface area contributed by atoms with E-state index >= 15 is 0 Å². The molecule has 5 nitrogen and oxygen atoms in total. The van der Waals surface area contributed by atoms with Gasteiger partial charge in [0.25, 0.3) is 0 Å². The number of fused-ring (bicyclic) bond motifs is 1. The summed E-state index contributed by atoms with van der Waals surface area (Å²) in [7, 11) is 3.19. The first kappa shape index (κ1) is 18.7. The van der Waals surface area contributed by atoms with Crippen molar-refractivity contribution >= 4 is 33.1 Å². The molecule has 0 radical (unpaired) electrons. The number of benzene rings is 2. The molecule has 1 saturated carbocycles. The molecule has 1 heterocycles. The quantitative estimate of drug-likeness (QED) is 0.633. The number of thiazole rings is 1.